The fraction of sp³-hybridized carbons (Fsp3) is 0.467. The van der Waals surface area contributed by atoms with Crippen molar-refractivity contribution in [2.75, 3.05) is 7.05 Å². The highest BCUT2D eigenvalue weighted by atomic mass is 19.1. The van der Waals surface area contributed by atoms with Gasteiger partial charge < -0.3 is 9.64 Å². The SMILES string of the molecule is Cc1ccc(C(=O)N(C)C(C)C(=O)OC(C)C)cc1F. The summed E-state index contributed by atoms with van der Waals surface area (Å²) in [5.74, 6) is -1.35. The van der Waals surface area contributed by atoms with E-state index < -0.39 is 23.7 Å². The second-order valence-corrected chi connectivity index (χ2v) is 5.04. The minimum Gasteiger partial charge on any atom is -0.461 e. The number of hydrogen-bond acceptors (Lipinski definition) is 3. The summed E-state index contributed by atoms with van der Waals surface area (Å²) in [5, 5.41) is 0. The molecule has 0 aliphatic carbocycles. The molecule has 0 spiro atoms. The molecule has 1 rings (SSSR count). The van der Waals surface area contributed by atoms with E-state index in [0.29, 0.717) is 5.56 Å². The van der Waals surface area contributed by atoms with E-state index in [4.69, 9.17) is 4.74 Å². The van der Waals surface area contributed by atoms with Crippen molar-refractivity contribution in [3.8, 4) is 0 Å². The fourth-order valence-electron chi connectivity index (χ4n) is 1.59. The number of carbonyl (C=O) groups is 2. The molecule has 1 unspecified atom stereocenters. The largest absolute Gasteiger partial charge is 0.461 e. The van der Waals surface area contributed by atoms with Gasteiger partial charge in [0, 0.05) is 12.6 Å². The Morgan fingerprint density at radius 3 is 2.35 bits per heavy atom. The molecule has 0 aromatic heterocycles. The first-order chi connectivity index (χ1) is 9.23. The number of carbonyl (C=O) groups excluding carboxylic acids is 2. The van der Waals surface area contributed by atoms with Crippen LogP contribution in [0.15, 0.2) is 18.2 Å². The highest BCUT2D eigenvalue weighted by Crippen LogP contribution is 2.13. The molecular weight excluding hydrogens is 261 g/mol. The Morgan fingerprint density at radius 2 is 1.85 bits per heavy atom. The van der Waals surface area contributed by atoms with Crippen LogP contribution in [0.1, 0.15) is 36.7 Å². The maximum absolute atomic E-state index is 13.5. The molecule has 5 heteroatoms. The van der Waals surface area contributed by atoms with Crippen molar-refractivity contribution in [1.82, 2.24) is 4.90 Å². The molecule has 0 heterocycles. The minimum absolute atomic E-state index is 0.208. The normalized spacial score (nSPS) is 12.2. The Kier molecular flexibility index (Phi) is 5.25. The molecule has 0 aliphatic heterocycles. The lowest BCUT2D eigenvalue weighted by Crippen LogP contribution is -2.42. The van der Waals surface area contributed by atoms with E-state index in [9.17, 15) is 14.0 Å². The number of likely N-dealkylation sites (N-methyl/N-ethyl adjacent to an activating group) is 1. The number of nitrogens with zero attached hydrogens (tertiary/aromatic N) is 1. The minimum atomic E-state index is -0.728. The second-order valence-electron chi connectivity index (χ2n) is 5.04. The lowest BCUT2D eigenvalue weighted by atomic mass is 10.1. The van der Waals surface area contributed by atoms with Crippen molar-refractivity contribution in [2.45, 2.75) is 39.8 Å². The Hall–Kier alpha value is -1.91. The van der Waals surface area contributed by atoms with Gasteiger partial charge in [0.2, 0.25) is 0 Å². The molecule has 4 nitrogen and oxygen atoms in total. The molecule has 1 amide bonds. The summed E-state index contributed by atoms with van der Waals surface area (Å²) in [7, 11) is 1.49. The van der Waals surface area contributed by atoms with Gasteiger partial charge in [0.1, 0.15) is 11.9 Å². The number of rotatable bonds is 4. The highest BCUT2D eigenvalue weighted by Gasteiger charge is 2.25. The van der Waals surface area contributed by atoms with E-state index in [1.807, 2.05) is 0 Å². The maximum Gasteiger partial charge on any atom is 0.328 e. The number of hydrogen-bond donors (Lipinski definition) is 0. The van der Waals surface area contributed by atoms with Crippen molar-refractivity contribution in [2.24, 2.45) is 0 Å². The molecule has 110 valence electrons. The van der Waals surface area contributed by atoms with E-state index >= 15 is 0 Å². The lowest BCUT2D eigenvalue weighted by molar-refractivity contribution is -0.151. The van der Waals surface area contributed by atoms with Gasteiger partial charge in [0.25, 0.3) is 5.91 Å². The summed E-state index contributed by atoms with van der Waals surface area (Å²) < 4.78 is 18.5. The summed E-state index contributed by atoms with van der Waals surface area (Å²) in [6.45, 7) is 6.67. The van der Waals surface area contributed by atoms with Gasteiger partial charge >= 0.3 is 5.97 Å². The average molecular weight is 281 g/mol. The van der Waals surface area contributed by atoms with Gasteiger partial charge in [-0.1, -0.05) is 6.07 Å². The zero-order valence-electron chi connectivity index (χ0n) is 12.4. The molecule has 1 aromatic rings. The third-order valence-corrected chi connectivity index (χ3v) is 3.01. The lowest BCUT2D eigenvalue weighted by Gasteiger charge is -2.24. The van der Waals surface area contributed by atoms with Crippen molar-refractivity contribution in [1.29, 1.82) is 0 Å². The van der Waals surface area contributed by atoms with E-state index in [-0.39, 0.29) is 11.7 Å². The van der Waals surface area contributed by atoms with E-state index in [2.05, 4.69) is 0 Å². The maximum atomic E-state index is 13.5. The monoisotopic (exact) mass is 281 g/mol. The number of aryl methyl sites for hydroxylation is 1. The van der Waals surface area contributed by atoms with Crippen LogP contribution in [0.3, 0.4) is 0 Å². The standard InChI is InChI=1S/C15H20FNO3/c1-9(2)20-15(19)11(4)17(5)14(18)12-7-6-10(3)13(16)8-12/h6-9,11H,1-5H3. The zero-order valence-corrected chi connectivity index (χ0v) is 12.4. The number of amides is 1. The van der Waals surface area contributed by atoms with Gasteiger partial charge in [-0.2, -0.15) is 0 Å². The molecule has 0 saturated heterocycles. The molecule has 1 atom stereocenters. The first kappa shape index (κ1) is 16.1. The molecule has 0 radical (unpaired) electrons. The van der Waals surface area contributed by atoms with Crippen LogP contribution in [0, 0.1) is 12.7 Å². The average Bonchev–Trinajstić information content (AvgIpc) is 2.38. The molecule has 0 bridgehead atoms. The summed E-state index contributed by atoms with van der Waals surface area (Å²) >= 11 is 0. The van der Waals surface area contributed by atoms with Gasteiger partial charge in [-0.05, 0) is 45.4 Å². The fourth-order valence-corrected chi connectivity index (χ4v) is 1.59. The molecule has 1 aromatic carbocycles. The summed E-state index contributed by atoms with van der Waals surface area (Å²) in [6.07, 6.45) is -0.245. The van der Waals surface area contributed by atoms with Crippen molar-refractivity contribution >= 4 is 11.9 Å². The summed E-state index contributed by atoms with van der Waals surface area (Å²) in [4.78, 5) is 25.2. The van der Waals surface area contributed by atoms with Gasteiger partial charge in [0.05, 0.1) is 6.10 Å². The van der Waals surface area contributed by atoms with Crippen LogP contribution in [0.4, 0.5) is 4.39 Å². The third-order valence-electron chi connectivity index (χ3n) is 3.01. The topological polar surface area (TPSA) is 46.6 Å². The molecule has 0 fully saturated rings. The van der Waals surface area contributed by atoms with Crippen LogP contribution >= 0.6 is 0 Å². The van der Waals surface area contributed by atoms with Crippen LogP contribution in [0.5, 0.6) is 0 Å². The van der Waals surface area contributed by atoms with Crippen LogP contribution in [0.25, 0.3) is 0 Å². The molecule has 0 saturated carbocycles. The summed E-state index contributed by atoms with van der Waals surface area (Å²) in [5.41, 5.74) is 0.677. The van der Waals surface area contributed by atoms with E-state index in [1.54, 1.807) is 27.7 Å². The predicted molar refractivity (Wildman–Crippen MR) is 73.9 cm³/mol. The highest BCUT2D eigenvalue weighted by molar-refractivity contribution is 5.96. The van der Waals surface area contributed by atoms with Gasteiger partial charge in [-0.15, -0.1) is 0 Å². The van der Waals surface area contributed by atoms with Gasteiger partial charge in [-0.3, -0.25) is 4.79 Å². The quantitative estimate of drug-likeness (QED) is 0.797. The Labute approximate surface area is 118 Å². The number of esters is 1. The molecule has 0 N–H and O–H groups in total. The Bertz CT molecular complexity index is 514. The number of halogens is 1. The first-order valence-corrected chi connectivity index (χ1v) is 6.47. The number of ether oxygens (including phenoxy) is 1. The van der Waals surface area contributed by atoms with Crippen molar-refractivity contribution < 1.29 is 18.7 Å². The van der Waals surface area contributed by atoms with E-state index in [0.717, 1.165) is 0 Å². The van der Waals surface area contributed by atoms with Gasteiger partial charge in [-0.25, -0.2) is 9.18 Å². The number of benzene rings is 1. The zero-order chi connectivity index (χ0) is 15.4. The molecule has 20 heavy (non-hydrogen) atoms. The smallest absolute Gasteiger partial charge is 0.328 e. The van der Waals surface area contributed by atoms with Crippen molar-refractivity contribution in [3.63, 3.8) is 0 Å². The Morgan fingerprint density at radius 1 is 1.25 bits per heavy atom. The van der Waals surface area contributed by atoms with E-state index in [1.165, 1.54) is 30.1 Å². The van der Waals surface area contributed by atoms with Crippen LogP contribution in [0.2, 0.25) is 0 Å². The van der Waals surface area contributed by atoms with Crippen LogP contribution in [-0.2, 0) is 9.53 Å². The second kappa shape index (κ2) is 6.50. The molecular formula is C15H20FNO3. The molecule has 0 aliphatic rings. The van der Waals surface area contributed by atoms with Crippen LogP contribution < -0.4 is 0 Å². The van der Waals surface area contributed by atoms with Gasteiger partial charge in [0.15, 0.2) is 0 Å². The summed E-state index contributed by atoms with van der Waals surface area (Å²) in [6, 6.07) is 3.52. The Balaban J connectivity index is 2.85. The van der Waals surface area contributed by atoms with Crippen molar-refractivity contribution in [3.05, 3.63) is 35.1 Å². The third kappa shape index (κ3) is 3.79. The predicted octanol–water partition coefficient (Wildman–Crippen LogP) is 2.55. The van der Waals surface area contributed by atoms with Crippen LogP contribution in [-0.4, -0.2) is 36.0 Å². The first-order valence-electron chi connectivity index (χ1n) is 6.47.